The van der Waals surface area contributed by atoms with E-state index in [1.807, 2.05) is 46.9 Å². The van der Waals surface area contributed by atoms with Gasteiger partial charge >= 0.3 is 5.69 Å². The van der Waals surface area contributed by atoms with Gasteiger partial charge in [-0.2, -0.15) is 0 Å². The van der Waals surface area contributed by atoms with Crippen LogP contribution >= 0.6 is 22.6 Å². The number of anilines is 4. The zero-order valence-electron chi connectivity index (χ0n) is 21.6. The molecule has 0 radical (unpaired) electrons. The molecule has 0 spiro atoms. The molecule has 1 saturated carbocycles. The van der Waals surface area contributed by atoms with Crippen LogP contribution in [-0.4, -0.2) is 18.7 Å². The molecule has 202 valence electrons. The number of rotatable bonds is 6. The molecule has 0 unspecified atom stereocenters. The minimum absolute atomic E-state index is 0.109. The summed E-state index contributed by atoms with van der Waals surface area (Å²) in [6.45, 7) is 1.59. The fraction of sp³-hybridized carbons (Fsp3) is 0.172. The highest BCUT2D eigenvalue weighted by atomic mass is 127. The summed E-state index contributed by atoms with van der Waals surface area (Å²) in [4.78, 5) is 45.7. The summed E-state index contributed by atoms with van der Waals surface area (Å²) in [6.07, 6.45) is 3.06. The highest BCUT2D eigenvalue weighted by molar-refractivity contribution is 14.1. The SMILES string of the molecule is Cc1c(=O)n(C)c(Nc2ccc(I)cc2F)c2c(=O)n(C3CC3)c(=O)n(-c3cccc(Nc4ccccn4)c3)c12. The van der Waals surface area contributed by atoms with Crippen LogP contribution in [-0.2, 0) is 7.05 Å². The van der Waals surface area contributed by atoms with Gasteiger partial charge in [-0.15, -0.1) is 0 Å². The summed E-state index contributed by atoms with van der Waals surface area (Å²) in [5.41, 5.74) is 0.183. The smallest absolute Gasteiger partial charge is 0.336 e. The lowest BCUT2D eigenvalue weighted by atomic mass is 10.1. The second-order valence-corrected chi connectivity index (χ2v) is 11.0. The van der Waals surface area contributed by atoms with E-state index in [0.717, 1.165) is 0 Å². The Morgan fingerprint density at radius 3 is 2.48 bits per heavy atom. The number of halogens is 2. The number of aryl methyl sites for hydroxylation is 1. The minimum Gasteiger partial charge on any atom is -0.340 e. The van der Waals surface area contributed by atoms with Crippen molar-refractivity contribution in [3.63, 3.8) is 0 Å². The predicted octanol–water partition coefficient (Wildman–Crippen LogP) is 5.12. The lowest BCUT2D eigenvalue weighted by molar-refractivity contribution is 0.630. The zero-order chi connectivity index (χ0) is 28.1. The van der Waals surface area contributed by atoms with Crippen LogP contribution in [0.3, 0.4) is 0 Å². The average Bonchev–Trinajstić information content (AvgIpc) is 3.77. The van der Waals surface area contributed by atoms with E-state index in [0.29, 0.717) is 33.6 Å². The third kappa shape index (κ3) is 4.49. The number of hydrogen-bond acceptors (Lipinski definition) is 6. The van der Waals surface area contributed by atoms with Gasteiger partial charge in [0.25, 0.3) is 11.1 Å². The monoisotopic (exact) mass is 650 g/mol. The Labute approximate surface area is 241 Å². The van der Waals surface area contributed by atoms with Crippen LogP contribution in [0.4, 0.5) is 27.4 Å². The van der Waals surface area contributed by atoms with Gasteiger partial charge in [-0.25, -0.2) is 14.2 Å². The quantitative estimate of drug-likeness (QED) is 0.248. The molecule has 0 amide bonds. The van der Waals surface area contributed by atoms with Crippen molar-refractivity contribution in [3.05, 3.63) is 113 Å². The van der Waals surface area contributed by atoms with Gasteiger partial charge in [0.1, 0.15) is 22.8 Å². The Balaban J connectivity index is 1.65. The van der Waals surface area contributed by atoms with Crippen LogP contribution in [0.25, 0.3) is 16.6 Å². The number of nitrogens with one attached hydrogen (secondary N) is 2. The fourth-order valence-electron chi connectivity index (χ4n) is 4.88. The molecular weight excluding hydrogens is 626 g/mol. The molecule has 1 aliphatic rings. The second kappa shape index (κ2) is 10.0. The molecule has 11 heteroatoms. The molecular formula is C29H24FIN6O3. The Hall–Kier alpha value is -4.26. The molecule has 0 saturated heterocycles. The number of aromatic nitrogens is 4. The first-order valence-corrected chi connectivity index (χ1v) is 13.7. The maximum absolute atomic E-state index is 14.9. The summed E-state index contributed by atoms with van der Waals surface area (Å²) in [7, 11) is 1.52. The number of pyridine rings is 2. The Kier molecular flexibility index (Phi) is 6.53. The molecule has 5 aromatic rings. The molecule has 9 nitrogen and oxygen atoms in total. The van der Waals surface area contributed by atoms with Crippen molar-refractivity contribution >= 4 is 56.5 Å². The maximum atomic E-state index is 14.9. The molecule has 1 fully saturated rings. The van der Waals surface area contributed by atoms with Crippen LogP contribution in [0.2, 0.25) is 0 Å². The Morgan fingerprint density at radius 1 is 0.975 bits per heavy atom. The molecule has 40 heavy (non-hydrogen) atoms. The molecule has 0 bridgehead atoms. The number of hydrogen-bond donors (Lipinski definition) is 2. The third-order valence-corrected chi connectivity index (χ3v) is 7.65. The van der Waals surface area contributed by atoms with Crippen LogP contribution in [0.1, 0.15) is 24.4 Å². The standard InChI is InChI=1S/C29H24FIN6O3/c1-16-25-24(26(35(2)27(16)38)34-22-12-9-17(31)14-21(22)30)28(39)37(19-10-11-19)29(40)36(25)20-7-5-6-18(15-20)33-23-8-3-4-13-32-23/h3-9,12-15,19,34H,10-11H2,1-2H3,(H,32,33). The van der Waals surface area contributed by atoms with Crippen LogP contribution < -0.4 is 27.4 Å². The first-order valence-electron chi connectivity index (χ1n) is 12.7. The van der Waals surface area contributed by atoms with Crippen molar-refractivity contribution in [1.29, 1.82) is 0 Å². The summed E-state index contributed by atoms with van der Waals surface area (Å²) in [5, 5.41) is 6.33. The Bertz CT molecular complexity index is 1980. The molecule has 0 aliphatic heterocycles. The summed E-state index contributed by atoms with van der Waals surface area (Å²) in [5.74, 6) is 0.203. The van der Waals surface area contributed by atoms with Gasteiger partial charge in [-0.05, 0) is 90.9 Å². The highest BCUT2D eigenvalue weighted by Gasteiger charge is 2.31. The molecule has 2 aromatic carbocycles. The van der Waals surface area contributed by atoms with E-state index in [2.05, 4.69) is 15.6 Å². The van der Waals surface area contributed by atoms with Crippen molar-refractivity contribution in [2.75, 3.05) is 10.6 Å². The lowest BCUT2D eigenvalue weighted by Crippen LogP contribution is -2.41. The first kappa shape index (κ1) is 26.0. The topological polar surface area (TPSA) is 103 Å². The van der Waals surface area contributed by atoms with Crippen molar-refractivity contribution in [3.8, 4) is 5.69 Å². The van der Waals surface area contributed by atoms with Gasteiger partial charge in [0.15, 0.2) is 0 Å². The molecule has 6 rings (SSSR count). The second-order valence-electron chi connectivity index (χ2n) is 9.73. The molecule has 0 atom stereocenters. The van der Waals surface area contributed by atoms with E-state index in [4.69, 9.17) is 0 Å². The molecule has 1 aliphatic carbocycles. The van der Waals surface area contributed by atoms with E-state index in [1.54, 1.807) is 43.5 Å². The van der Waals surface area contributed by atoms with Crippen molar-refractivity contribution < 1.29 is 4.39 Å². The van der Waals surface area contributed by atoms with Gasteiger partial charge in [-0.1, -0.05) is 12.1 Å². The molecule has 3 heterocycles. The van der Waals surface area contributed by atoms with Crippen LogP contribution in [0, 0.1) is 16.3 Å². The Morgan fingerprint density at radius 2 is 1.77 bits per heavy atom. The van der Waals surface area contributed by atoms with Crippen molar-refractivity contribution in [2.24, 2.45) is 7.05 Å². The highest BCUT2D eigenvalue weighted by Crippen LogP contribution is 2.34. The minimum atomic E-state index is -0.530. The van der Waals surface area contributed by atoms with Crippen molar-refractivity contribution in [2.45, 2.75) is 25.8 Å². The number of benzene rings is 2. The summed E-state index contributed by atoms with van der Waals surface area (Å²) in [6, 6.07) is 17.0. The van der Waals surface area contributed by atoms with E-state index in [9.17, 15) is 18.8 Å². The average molecular weight is 650 g/mol. The molecule has 3 aromatic heterocycles. The van der Waals surface area contributed by atoms with Crippen molar-refractivity contribution in [1.82, 2.24) is 18.7 Å². The predicted molar refractivity (Wildman–Crippen MR) is 162 cm³/mol. The van der Waals surface area contributed by atoms with E-state index in [-0.39, 0.29) is 34.0 Å². The maximum Gasteiger partial charge on any atom is 0.336 e. The third-order valence-electron chi connectivity index (χ3n) is 6.98. The van der Waals surface area contributed by atoms with Gasteiger partial charge in [0.05, 0.1) is 16.9 Å². The lowest BCUT2D eigenvalue weighted by Gasteiger charge is -2.21. The fourth-order valence-corrected chi connectivity index (χ4v) is 5.33. The largest absolute Gasteiger partial charge is 0.340 e. The summed E-state index contributed by atoms with van der Waals surface area (Å²) < 4.78 is 19.5. The van der Waals surface area contributed by atoms with E-state index in [1.165, 1.54) is 26.8 Å². The van der Waals surface area contributed by atoms with Crippen LogP contribution in [0.15, 0.2) is 81.2 Å². The van der Waals surface area contributed by atoms with E-state index < -0.39 is 22.6 Å². The number of fused-ring (bicyclic) bond motifs is 1. The number of nitrogens with zero attached hydrogens (tertiary/aromatic N) is 4. The van der Waals surface area contributed by atoms with Crippen LogP contribution in [0.5, 0.6) is 0 Å². The van der Waals surface area contributed by atoms with Gasteiger partial charge in [-0.3, -0.25) is 23.3 Å². The van der Waals surface area contributed by atoms with E-state index >= 15 is 0 Å². The van der Waals surface area contributed by atoms with Gasteiger partial charge < -0.3 is 10.6 Å². The normalized spacial score (nSPS) is 13.0. The van der Waals surface area contributed by atoms with Gasteiger partial charge in [0, 0.05) is 34.1 Å². The zero-order valence-corrected chi connectivity index (χ0v) is 23.8. The first-order chi connectivity index (χ1) is 19.2. The molecule has 2 N–H and O–H groups in total. The van der Waals surface area contributed by atoms with Gasteiger partial charge in [0.2, 0.25) is 0 Å². The summed E-state index contributed by atoms with van der Waals surface area (Å²) >= 11 is 2.01.